The molecule has 128 valence electrons. The smallest absolute Gasteiger partial charge is 0.243 e. The summed E-state index contributed by atoms with van der Waals surface area (Å²) in [6, 6.07) is 7.94. The summed E-state index contributed by atoms with van der Waals surface area (Å²) in [6.45, 7) is 0.888. The predicted octanol–water partition coefficient (Wildman–Crippen LogP) is 2.61. The minimum Gasteiger partial charge on any atom is -0.367 e. The Morgan fingerprint density at radius 2 is 1.38 bits per heavy atom. The van der Waals surface area contributed by atoms with Crippen LogP contribution in [0.5, 0.6) is 0 Å². The van der Waals surface area contributed by atoms with Gasteiger partial charge in [-0.15, -0.1) is 0 Å². The summed E-state index contributed by atoms with van der Waals surface area (Å²) in [5.41, 5.74) is 0.246. The van der Waals surface area contributed by atoms with E-state index in [9.17, 15) is 21.6 Å². The third-order valence-corrected chi connectivity index (χ3v) is 5.85. The number of sulfonamides is 1. The van der Waals surface area contributed by atoms with Crippen LogP contribution in [0.1, 0.15) is 0 Å². The second kappa shape index (κ2) is 6.45. The Kier molecular flexibility index (Phi) is 4.51. The number of rotatable bonds is 3. The fourth-order valence-corrected chi connectivity index (χ4v) is 4.08. The number of anilines is 1. The largest absolute Gasteiger partial charge is 0.367 e. The maximum absolute atomic E-state index is 13.8. The molecule has 0 aliphatic carbocycles. The minimum absolute atomic E-state index is 0.0188. The fraction of sp³-hybridized carbons (Fsp3) is 0.250. The van der Waals surface area contributed by atoms with E-state index in [1.54, 1.807) is 4.90 Å². The molecule has 3 rings (SSSR count). The molecule has 1 heterocycles. The molecule has 0 amide bonds. The lowest BCUT2D eigenvalue weighted by Crippen LogP contribution is -2.48. The highest BCUT2D eigenvalue weighted by atomic mass is 32.2. The quantitative estimate of drug-likeness (QED) is 0.849. The van der Waals surface area contributed by atoms with Gasteiger partial charge in [0.1, 0.15) is 17.5 Å². The van der Waals surface area contributed by atoms with Gasteiger partial charge in [0.05, 0.1) is 10.6 Å². The molecule has 0 atom stereocenters. The van der Waals surface area contributed by atoms with Gasteiger partial charge in [0.15, 0.2) is 0 Å². The number of nitrogens with zero attached hydrogens (tertiary/aromatic N) is 2. The molecule has 0 N–H and O–H groups in total. The van der Waals surface area contributed by atoms with Gasteiger partial charge in [-0.25, -0.2) is 21.6 Å². The first-order valence-electron chi connectivity index (χ1n) is 7.33. The molecular formula is C16H15F3N2O2S. The lowest BCUT2D eigenvalue weighted by Gasteiger charge is -2.35. The van der Waals surface area contributed by atoms with Crippen LogP contribution in [-0.4, -0.2) is 38.9 Å². The van der Waals surface area contributed by atoms with E-state index >= 15 is 0 Å². The summed E-state index contributed by atoms with van der Waals surface area (Å²) in [5, 5.41) is 0. The highest BCUT2D eigenvalue weighted by Crippen LogP contribution is 2.24. The van der Waals surface area contributed by atoms with Gasteiger partial charge in [-0.05, 0) is 36.4 Å². The van der Waals surface area contributed by atoms with Crippen molar-refractivity contribution in [1.29, 1.82) is 0 Å². The van der Waals surface area contributed by atoms with E-state index < -0.39 is 27.5 Å². The van der Waals surface area contributed by atoms with Crippen molar-refractivity contribution < 1.29 is 21.6 Å². The van der Waals surface area contributed by atoms with Gasteiger partial charge in [-0.1, -0.05) is 0 Å². The normalized spacial score (nSPS) is 16.4. The van der Waals surface area contributed by atoms with Gasteiger partial charge in [0.25, 0.3) is 0 Å². The van der Waals surface area contributed by atoms with E-state index in [1.165, 1.54) is 28.6 Å². The van der Waals surface area contributed by atoms with Crippen molar-refractivity contribution in [2.75, 3.05) is 31.1 Å². The summed E-state index contributed by atoms with van der Waals surface area (Å²) in [4.78, 5) is 1.69. The van der Waals surface area contributed by atoms with Crippen LogP contribution in [0.25, 0.3) is 0 Å². The first-order valence-corrected chi connectivity index (χ1v) is 8.77. The molecule has 8 heteroatoms. The zero-order valence-corrected chi connectivity index (χ0v) is 13.4. The topological polar surface area (TPSA) is 40.6 Å². The second-order valence-corrected chi connectivity index (χ2v) is 7.38. The highest BCUT2D eigenvalue weighted by Gasteiger charge is 2.29. The molecule has 1 aliphatic rings. The summed E-state index contributed by atoms with van der Waals surface area (Å²) in [7, 11) is -3.72. The lowest BCUT2D eigenvalue weighted by molar-refractivity contribution is 0.383. The summed E-state index contributed by atoms with van der Waals surface area (Å²) < 4.78 is 66.0. The van der Waals surface area contributed by atoms with E-state index in [0.29, 0.717) is 0 Å². The van der Waals surface area contributed by atoms with E-state index in [-0.39, 0.29) is 36.8 Å². The van der Waals surface area contributed by atoms with Crippen LogP contribution in [0, 0.1) is 17.5 Å². The van der Waals surface area contributed by atoms with Crippen LogP contribution in [0.2, 0.25) is 0 Å². The Hall–Kier alpha value is -2.06. The third-order valence-electron chi connectivity index (χ3n) is 3.94. The minimum atomic E-state index is -3.72. The van der Waals surface area contributed by atoms with Crippen LogP contribution in [0.15, 0.2) is 47.4 Å². The maximum Gasteiger partial charge on any atom is 0.243 e. The van der Waals surface area contributed by atoms with Gasteiger partial charge in [0, 0.05) is 32.2 Å². The molecule has 1 fully saturated rings. The molecule has 0 spiro atoms. The average Bonchev–Trinajstić information content (AvgIpc) is 2.55. The fourth-order valence-electron chi connectivity index (χ4n) is 2.66. The number of benzene rings is 2. The molecule has 0 aromatic heterocycles. The molecule has 2 aromatic carbocycles. The van der Waals surface area contributed by atoms with E-state index in [1.807, 2.05) is 0 Å². The summed E-state index contributed by atoms with van der Waals surface area (Å²) in [5.74, 6) is -1.84. The Morgan fingerprint density at radius 1 is 0.792 bits per heavy atom. The molecule has 1 saturated heterocycles. The van der Waals surface area contributed by atoms with Crippen molar-refractivity contribution in [3.63, 3.8) is 0 Å². The first-order chi connectivity index (χ1) is 11.4. The van der Waals surface area contributed by atoms with Crippen LogP contribution in [0.4, 0.5) is 18.9 Å². The van der Waals surface area contributed by atoms with E-state index in [2.05, 4.69) is 0 Å². The van der Waals surface area contributed by atoms with Crippen molar-refractivity contribution in [2.24, 2.45) is 0 Å². The van der Waals surface area contributed by atoms with Crippen molar-refractivity contribution >= 4 is 15.7 Å². The molecule has 0 radical (unpaired) electrons. The average molecular weight is 356 g/mol. The Morgan fingerprint density at radius 3 is 1.96 bits per heavy atom. The zero-order chi connectivity index (χ0) is 17.3. The number of hydrogen-bond acceptors (Lipinski definition) is 3. The number of piperazine rings is 1. The Labute approximate surface area is 138 Å². The Bertz CT molecular complexity index is 833. The van der Waals surface area contributed by atoms with Gasteiger partial charge in [-0.3, -0.25) is 0 Å². The maximum atomic E-state index is 13.8. The van der Waals surface area contributed by atoms with Crippen molar-refractivity contribution in [1.82, 2.24) is 4.31 Å². The molecule has 0 unspecified atom stereocenters. The SMILES string of the molecule is O=S(=O)(c1ccc(F)cc1)N1CCN(c2ccc(F)cc2F)CC1. The highest BCUT2D eigenvalue weighted by molar-refractivity contribution is 7.89. The third kappa shape index (κ3) is 3.25. The van der Waals surface area contributed by atoms with Crippen molar-refractivity contribution in [2.45, 2.75) is 4.90 Å². The van der Waals surface area contributed by atoms with E-state index in [4.69, 9.17) is 0 Å². The van der Waals surface area contributed by atoms with Crippen molar-refractivity contribution in [3.8, 4) is 0 Å². The lowest BCUT2D eigenvalue weighted by atomic mass is 10.2. The molecule has 24 heavy (non-hydrogen) atoms. The second-order valence-electron chi connectivity index (χ2n) is 5.44. The van der Waals surface area contributed by atoms with Crippen LogP contribution in [0.3, 0.4) is 0 Å². The van der Waals surface area contributed by atoms with Crippen LogP contribution >= 0.6 is 0 Å². The predicted molar refractivity (Wildman–Crippen MR) is 83.7 cm³/mol. The first kappa shape index (κ1) is 16.8. The number of hydrogen-bond donors (Lipinski definition) is 0. The summed E-state index contributed by atoms with van der Waals surface area (Å²) >= 11 is 0. The molecule has 0 bridgehead atoms. The standard InChI is InChI=1S/C16H15F3N2O2S/c17-12-1-4-14(5-2-12)24(22,23)21-9-7-20(8-10-21)16-6-3-13(18)11-15(16)19/h1-6,11H,7-10H2. The van der Waals surface area contributed by atoms with Crippen molar-refractivity contribution in [3.05, 3.63) is 59.9 Å². The van der Waals surface area contributed by atoms with Crippen LogP contribution < -0.4 is 4.90 Å². The number of halogens is 3. The molecule has 2 aromatic rings. The molecular weight excluding hydrogens is 341 g/mol. The summed E-state index contributed by atoms with van der Waals surface area (Å²) in [6.07, 6.45) is 0. The van der Waals surface area contributed by atoms with Gasteiger partial charge >= 0.3 is 0 Å². The molecule has 0 saturated carbocycles. The van der Waals surface area contributed by atoms with E-state index in [0.717, 1.165) is 18.2 Å². The molecule has 4 nitrogen and oxygen atoms in total. The monoisotopic (exact) mass is 356 g/mol. The molecule has 1 aliphatic heterocycles. The zero-order valence-electron chi connectivity index (χ0n) is 12.6. The van der Waals surface area contributed by atoms with Gasteiger partial charge in [0.2, 0.25) is 10.0 Å². The van der Waals surface area contributed by atoms with Gasteiger partial charge in [-0.2, -0.15) is 4.31 Å². The Balaban J connectivity index is 1.73. The van der Waals surface area contributed by atoms with Gasteiger partial charge < -0.3 is 4.90 Å². The van der Waals surface area contributed by atoms with Crippen LogP contribution in [-0.2, 0) is 10.0 Å².